The summed E-state index contributed by atoms with van der Waals surface area (Å²) in [6.45, 7) is 7.26. The summed E-state index contributed by atoms with van der Waals surface area (Å²) in [7, 11) is 1.63. The van der Waals surface area contributed by atoms with E-state index in [0.29, 0.717) is 19.7 Å². The molecule has 0 bridgehead atoms. The van der Waals surface area contributed by atoms with E-state index in [9.17, 15) is 4.79 Å². The van der Waals surface area contributed by atoms with E-state index in [0.717, 1.165) is 31.7 Å². The van der Waals surface area contributed by atoms with Crippen molar-refractivity contribution in [3.63, 3.8) is 0 Å². The number of ether oxygens (including phenoxy) is 1. The summed E-state index contributed by atoms with van der Waals surface area (Å²) in [5, 5.41) is 4.08. The fourth-order valence-electron chi connectivity index (χ4n) is 3.28. The van der Waals surface area contributed by atoms with Gasteiger partial charge in [0.05, 0.1) is 18.7 Å². The Balaban J connectivity index is 1.60. The third kappa shape index (κ3) is 4.27. The zero-order valence-electron chi connectivity index (χ0n) is 15.0. The van der Waals surface area contributed by atoms with Crippen LogP contribution in [0.1, 0.15) is 5.56 Å². The molecule has 2 aromatic rings. The van der Waals surface area contributed by atoms with Crippen molar-refractivity contribution < 1.29 is 9.53 Å². The van der Waals surface area contributed by atoms with Crippen LogP contribution < -0.4 is 10.2 Å². The third-order valence-corrected chi connectivity index (χ3v) is 4.66. The van der Waals surface area contributed by atoms with Crippen molar-refractivity contribution >= 4 is 22.5 Å². The molecule has 1 aromatic carbocycles. The lowest BCUT2D eigenvalue weighted by atomic mass is 10.1. The molecule has 6 heteroatoms. The molecule has 1 amide bonds. The number of carbonyl (C=O) groups is 1. The number of nitrogens with one attached hydrogen (secondary N) is 1. The number of piperazine rings is 1. The second-order valence-corrected chi connectivity index (χ2v) is 6.41. The Hall–Kier alpha value is -2.18. The summed E-state index contributed by atoms with van der Waals surface area (Å²) in [5.41, 5.74) is 3.50. The maximum absolute atomic E-state index is 11.9. The van der Waals surface area contributed by atoms with Crippen molar-refractivity contribution in [1.82, 2.24) is 15.2 Å². The van der Waals surface area contributed by atoms with Gasteiger partial charge in [0.25, 0.3) is 0 Å². The molecule has 1 N–H and O–H groups in total. The van der Waals surface area contributed by atoms with Gasteiger partial charge < -0.3 is 15.0 Å². The van der Waals surface area contributed by atoms with Crippen LogP contribution in [0, 0.1) is 6.92 Å². The van der Waals surface area contributed by atoms with Crippen LogP contribution in [-0.2, 0) is 9.53 Å². The maximum atomic E-state index is 11.9. The predicted molar refractivity (Wildman–Crippen MR) is 100 cm³/mol. The van der Waals surface area contributed by atoms with E-state index in [-0.39, 0.29) is 5.91 Å². The Kier molecular flexibility index (Phi) is 5.83. The standard InChI is InChI=1S/C19H26N4O2/c1-15-4-3-5-16-17(6-7-21-19(15)16)23-11-9-22(10-12-23)14-18(24)20-8-13-25-2/h3-7H,8-14H2,1-2H3,(H,20,24). The summed E-state index contributed by atoms with van der Waals surface area (Å²) in [6.07, 6.45) is 1.89. The number of nitrogens with zero attached hydrogens (tertiary/aromatic N) is 3. The third-order valence-electron chi connectivity index (χ3n) is 4.66. The Morgan fingerprint density at radius 2 is 2.04 bits per heavy atom. The first-order chi connectivity index (χ1) is 12.2. The molecule has 1 aromatic heterocycles. The number of carbonyl (C=O) groups excluding carboxylic acids is 1. The normalized spacial score (nSPS) is 15.5. The molecular weight excluding hydrogens is 316 g/mol. The van der Waals surface area contributed by atoms with E-state index < -0.39 is 0 Å². The van der Waals surface area contributed by atoms with Gasteiger partial charge in [0, 0.05) is 57.1 Å². The minimum atomic E-state index is 0.0653. The number of hydrogen-bond acceptors (Lipinski definition) is 5. The lowest BCUT2D eigenvalue weighted by Crippen LogP contribution is -2.49. The van der Waals surface area contributed by atoms with Crippen LogP contribution in [0.3, 0.4) is 0 Å². The fraction of sp³-hybridized carbons (Fsp3) is 0.474. The van der Waals surface area contributed by atoms with E-state index >= 15 is 0 Å². The van der Waals surface area contributed by atoms with Crippen molar-refractivity contribution in [3.8, 4) is 0 Å². The van der Waals surface area contributed by atoms with Gasteiger partial charge in [0.2, 0.25) is 5.91 Å². The van der Waals surface area contributed by atoms with E-state index in [2.05, 4.69) is 51.3 Å². The van der Waals surface area contributed by atoms with Crippen molar-refractivity contribution in [1.29, 1.82) is 0 Å². The molecule has 134 valence electrons. The zero-order valence-corrected chi connectivity index (χ0v) is 15.0. The van der Waals surface area contributed by atoms with E-state index in [1.54, 1.807) is 7.11 Å². The number of amides is 1. The average Bonchev–Trinajstić information content (AvgIpc) is 2.63. The Morgan fingerprint density at radius 1 is 1.24 bits per heavy atom. The Bertz CT molecular complexity index is 726. The zero-order chi connectivity index (χ0) is 17.6. The van der Waals surface area contributed by atoms with Crippen molar-refractivity contribution in [2.75, 3.05) is 57.9 Å². The molecule has 0 spiro atoms. The number of rotatable bonds is 6. The van der Waals surface area contributed by atoms with Crippen LogP contribution in [0.4, 0.5) is 5.69 Å². The number of methoxy groups -OCH3 is 1. The predicted octanol–water partition coefficient (Wildman–Crippen LogP) is 1.43. The minimum absolute atomic E-state index is 0.0653. The number of pyridine rings is 1. The summed E-state index contributed by atoms with van der Waals surface area (Å²) in [5.74, 6) is 0.0653. The van der Waals surface area contributed by atoms with E-state index in [4.69, 9.17) is 4.74 Å². The molecule has 1 saturated heterocycles. The molecule has 0 saturated carbocycles. The van der Waals surface area contributed by atoms with Crippen LogP contribution in [0.25, 0.3) is 10.9 Å². The minimum Gasteiger partial charge on any atom is -0.383 e. The second kappa shape index (κ2) is 8.27. The van der Waals surface area contributed by atoms with Crippen LogP contribution in [0.2, 0.25) is 0 Å². The van der Waals surface area contributed by atoms with E-state index in [1.165, 1.54) is 16.6 Å². The van der Waals surface area contributed by atoms with Crippen molar-refractivity contribution in [2.45, 2.75) is 6.92 Å². The highest BCUT2D eigenvalue weighted by Crippen LogP contribution is 2.27. The number of para-hydroxylation sites is 1. The SMILES string of the molecule is COCCNC(=O)CN1CCN(c2ccnc3c(C)cccc23)CC1. The molecule has 0 radical (unpaired) electrons. The first-order valence-electron chi connectivity index (χ1n) is 8.76. The van der Waals surface area contributed by atoms with Crippen LogP contribution >= 0.6 is 0 Å². The number of hydrogen-bond donors (Lipinski definition) is 1. The molecular formula is C19H26N4O2. The van der Waals surface area contributed by atoms with Crippen LogP contribution in [-0.4, -0.2) is 68.8 Å². The van der Waals surface area contributed by atoms with Crippen LogP contribution in [0.15, 0.2) is 30.5 Å². The van der Waals surface area contributed by atoms with Gasteiger partial charge in [-0.25, -0.2) is 0 Å². The molecule has 1 fully saturated rings. The lowest BCUT2D eigenvalue weighted by molar-refractivity contribution is -0.122. The van der Waals surface area contributed by atoms with Gasteiger partial charge in [-0.1, -0.05) is 18.2 Å². The number of aromatic nitrogens is 1. The van der Waals surface area contributed by atoms with Gasteiger partial charge in [0.1, 0.15) is 0 Å². The molecule has 0 aliphatic carbocycles. The smallest absolute Gasteiger partial charge is 0.234 e. The fourth-order valence-corrected chi connectivity index (χ4v) is 3.28. The van der Waals surface area contributed by atoms with Gasteiger partial charge in [0.15, 0.2) is 0 Å². The molecule has 2 heterocycles. The molecule has 25 heavy (non-hydrogen) atoms. The van der Waals surface area contributed by atoms with Crippen LogP contribution in [0.5, 0.6) is 0 Å². The largest absolute Gasteiger partial charge is 0.383 e. The van der Waals surface area contributed by atoms with Crippen molar-refractivity contribution in [2.24, 2.45) is 0 Å². The highest BCUT2D eigenvalue weighted by atomic mass is 16.5. The van der Waals surface area contributed by atoms with Gasteiger partial charge in [-0.05, 0) is 18.6 Å². The number of anilines is 1. The number of aryl methyl sites for hydroxylation is 1. The topological polar surface area (TPSA) is 57.7 Å². The number of fused-ring (bicyclic) bond motifs is 1. The molecule has 1 aliphatic rings. The summed E-state index contributed by atoms with van der Waals surface area (Å²) < 4.78 is 4.95. The lowest BCUT2D eigenvalue weighted by Gasteiger charge is -2.36. The molecule has 0 atom stereocenters. The Labute approximate surface area is 148 Å². The molecule has 0 unspecified atom stereocenters. The average molecular weight is 342 g/mol. The summed E-state index contributed by atoms with van der Waals surface area (Å²) >= 11 is 0. The van der Waals surface area contributed by atoms with Gasteiger partial charge in [-0.2, -0.15) is 0 Å². The first kappa shape index (κ1) is 17.6. The van der Waals surface area contributed by atoms with Gasteiger partial charge in [-0.3, -0.25) is 14.7 Å². The summed E-state index contributed by atoms with van der Waals surface area (Å²) in [6, 6.07) is 8.41. The van der Waals surface area contributed by atoms with Crippen molar-refractivity contribution in [3.05, 3.63) is 36.0 Å². The van der Waals surface area contributed by atoms with E-state index in [1.807, 2.05) is 6.20 Å². The first-order valence-corrected chi connectivity index (χ1v) is 8.76. The number of benzene rings is 1. The monoisotopic (exact) mass is 342 g/mol. The maximum Gasteiger partial charge on any atom is 0.234 e. The molecule has 3 rings (SSSR count). The molecule has 1 aliphatic heterocycles. The highest BCUT2D eigenvalue weighted by molar-refractivity contribution is 5.93. The quantitative estimate of drug-likeness (QED) is 0.805. The Morgan fingerprint density at radius 3 is 2.80 bits per heavy atom. The summed E-state index contributed by atoms with van der Waals surface area (Å²) in [4.78, 5) is 21.0. The second-order valence-electron chi connectivity index (χ2n) is 6.41. The highest BCUT2D eigenvalue weighted by Gasteiger charge is 2.20. The molecule has 6 nitrogen and oxygen atoms in total. The van der Waals surface area contributed by atoms with Gasteiger partial charge >= 0.3 is 0 Å². The van der Waals surface area contributed by atoms with Gasteiger partial charge in [-0.15, -0.1) is 0 Å².